The monoisotopic (exact) mass is 292 g/mol. The molecule has 1 aromatic heterocycles. The SMILES string of the molecule is CC1(O)C(O)C(CO)OC1n1cc(F)c(=O)[nH]c1=S. The van der Waals surface area contributed by atoms with Gasteiger partial charge < -0.3 is 20.1 Å². The van der Waals surface area contributed by atoms with Crippen molar-refractivity contribution in [2.45, 2.75) is 31.0 Å². The van der Waals surface area contributed by atoms with Crippen LogP contribution in [0.3, 0.4) is 0 Å². The van der Waals surface area contributed by atoms with Gasteiger partial charge in [-0.05, 0) is 19.1 Å². The Morgan fingerprint density at radius 1 is 1.68 bits per heavy atom. The molecule has 9 heteroatoms. The molecule has 1 aromatic rings. The van der Waals surface area contributed by atoms with Crippen LogP contribution in [0.15, 0.2) is 11.0 Å². The Kier molecular flexibility index (Phi) is 3.58. The molecule has 0 bridgehead atoms. The molecule has 4 unspecified atom stereocenters. The number of nitrogens with one attached hydrogen (secondary N) is 1. The number of hydrogen-bond donors (Lipinski definition) is 4. The Bertz CT molecular complexity index is 598. The second kappa shape index (κ2) is 4.76. The minimum Gasteiger partial charge on any atom is -0.394 e. The van der Waals surface area contributed by atoms with E-state index in [1.54, 1.807) is 0 Å². The molecule has 0 aromatic carbocycles. The summed E-state index contributed by atoms with van der Waals surface area (Å²) in [6, 6.07) is 0. The topological polar surface area (TPSA) is 108 Å². The van der Waals surface area contributed by atoms with Crippen LogP contribution < -0.4 is 5.56 Å². The average Bonchev–Trinajstić information content (AvgIpc) is 2.56. The molecule has 0 saturated carbocycles. The zero-order chi connectivity index (χ0) is 14.4. The van der Waals surface area contributed by atoms with Crippen LogP contribution in [-0.4, -0.2) is 49.3 Å². The van der Waals surface area contributed by atoms with Gasteiger partial charge in [0.25, 0.3) is 5.56 Å². The van der Waals surface area contributed by atoms with Crippen molar-refractivity contribution in [3.63, 3.8) is 0 Å². The van der Waals surface area contributed by atoms with E-state index < -0.39 is 42.0 Å². The number of nitrogens with zero attached hydrogens (tertiary/aromatic N) is 1. The minimum absolute atomic E-state index is 0.164. The Morgan fingerprint density at radius 3 is 2.84 bits per heavy atom. The van der Waals surface area contributed by atoms with Crippen molar-refractivity contribution in [1.82, 2.24) is 9.55 Å². The van der Waals surface area contributed by atoms with Gasteiger partial charge in [-0.15, -0.1) is 0 Å². The van der Waals surface area contributed by atoms with E-state index in [0.717, 1.165) is 10.8 Å². The van der Waals surface area contributed by atoms with Crippen molar-refractivity contribution in [3.8, 4) is 0 Å². The van der Waals surface area contributed by atoms with Gasteiger partial charge in [0.2, 0.25) is 5.82 Å². The van der Waals surface area contributed by atoms with E-state index in [0.29, 0.717) is 0 Å². The second-order valence-electron chi connectivity index (χ2n) is 4.52. The second-order valence-corrected chi connectivity index (χ2v) is 4.91. The third kappa shape index (κ3) is 2.23. The van der Waals surface area contributed by atoms with E-state index in [1.165, 1.54) is 6.92 Å². The average molecular weight is 292 g/mol. The summed E-state index contributed by atoms with van der Waals surface area (Å²) in [7, 11) is 0. The molecule has 0 radical (unpaired) electrons. The lowest BCUT2D eigenvalue weighted by atomic mass is 9.96. The smallest absolute Gasteiger partial charge is 0.287 e. The van der Waals surface area contributed by atoms with Crippen LogP contribution in [0, 0.1) is 10.6 Å². The third-order valence-corrected chi connectivity index (χ3v) is 3.42. The first-order valence-corrected chi connectivity index (χ1v) is 5.87. The predicted octanol–water partition coefficient (Wildman–Crippen LogP) is -0.953. The van der Waals surface area contributed by atoms with Gasteiger partial charge >= 0.3 is 0 Å². The van der Waals surface area contributed by atoms with E-state index >= 15 is 0 Å². The van der Waals surface area contributed by atoms with Gasteiger partial charge in [-0.1, -0.05) is 0 Å². The van der Waals surface area contributed by atoms with Crippen LogP contribution in [-0.2, 0) is 4.74 Å². The summed E-state index contributed by atoms with van der Waals surface area (Å²) in [5, 5.41) is 29.0. The fraction of sp³-hybridized carbons (Fsp3) is 0.600. The maximum atomic E-state index is 13.3. The highest BCUT2D eigenvalue weighted by atomic mass is 32.1. The zero-order valence-electron chi connectivity index (χ0n) is 9.91. The molecule has 1 saturated heterocycles. The van der Waals surface area contributed by atoms with Gasteiger partial charge in [0, 0.05) is 0 Å². The van der Waals surface area contributed by atoms with Crippen molar-refractivity contribution >= 4 is 12.2 Å². The van der Waals surface area contributed by atoms with Gasteiger partial charge in [-0.25, -0.2) is 0 Å². The summed E-state index contributed by atoms with van der Waals surface area (Å²) in [4.78, 5) is 13.1. The Morgan fingerprint density at radius 2 is 2.32 bits per heavy atom. The van der Waals surface area contributed by atoms with E-state index in [-0.39, 0.29) is 4.77 Å². The van der Waals surface area contributed by atoms with E-state index in [9.17, 15) is 19.4 Å². The highest BCUT2D eigenvalue weighted by molar-refractivity contribution is 7.71. The lowest BCUT2D eigenvalue weighted by molar-refractivity contribution is -0.0982. The summed E-state index contributed by atoms with van der Waals surface area (Å²) in [6.45, 7) is 0.746. The van der Waals surface area contributed by atoms with Gasteiger partial charge in [-0.3, -0.25) is 14.3 Å². The first-order chi connectivity index (χ1) is 8.78. The molecule has 0 amide bonds. The minimum atomic E-state index is -1.80. The number of aliphatic hydroxyl groups excluding tert-OH is 2. The number of aromatic nitrogens is 2. The quantitative estimate of drug-likeness (QED) is 0.523. The maximum absolute atomic E-state index is 13.3. The van der Waals surface area contributed by atoms with Crippen molar-refractivity contribution in [3.05, 3.63) is 27.1 Å². The van der Waals surface area contributed by atoms with Crippen LogP contribution in [0.4, 0.5) is 4.39 Å². The van der Waals surface area contributed by atoms with Gasteiger partial charge in [0.1, 0.15) is 17.8 Å². The van der Waals surface area contributed by atoms with E-state index in [2.05, 4.69) is 4.98 Å². The standard InChI is InChI=1S/C10H13FN2O5S/c1-10(17)6(15)5(3-14)18-8(10)13-2-4(11)7(16)12-9(13)19/h2,5-6,8,14-15,17H,3H2,1H3,(H,12,16,19). The summed E-state index contributed by atoms with van der Waals surface area (Å²) >= 11 is 4.86. The van der Waals surface area contributed by atoms with Crippen molar-refractivity contribution in [2.24, 2.45) is 0 Å². The van der Waals surface area contributed by atoms with Gasteiger partial charge in [0.05, 0.1) is 12.8 Å². The number of aliphatic hydroxyl groups is 3. The van der Waals surface area contributed by atoms with Crippen LogP contribution >= 0.6 is 12.2 Å². The molecule has 2 rings (SSSR count). The summed E-state index contributed by atoms with van der Waals surface area (Å²) < 4.78 is 19.4. The summed E-state index contributed by atoms with van der Waals surface area (Å²) in [5.41, 5.74) is -2.78. The number of ether oxygens (including phenoxy) is 1. The lowest BCUT2D eigenvalue weighted by Crippen LogP contribution is -2.44. The summed E-state index contributed by atoms with van der Waals surface area (Å²) in [6.07, 6.45) is -2.85. The molecule has 1 aliphatic rings. The molecule has 1 aliphatic heterocycles. The van der Waals surface area contributed by atoms with Crippen LogP contribution in [0.1, 0.15) is 13.2 Å². The van der Waals surface area contributed by atoms with E-state index in [1.807, 2.05) is 0 Å². The molecular weight excluding hydrogens is 279 g/mol. The molecule has 4 N–H and O–H groups in total. The van der Waals surface area contributed by atoms with Crippen LogP contribution in [0.25, 0.3) is 0 Å². The Labute approximate surface area is 111 Å². The zero-order valence-corrected chi connectivity index (χ0v) is 10.7. The molecule has 1 fully saturated rings. The number of aromatic amines is 1. The molecule has 0 spiro atoms. The highest BCUT2D eigenvalue weighted by Gasteiger charge is 2.52. The number of halogens is 1. The number of H-pyrrole nitrogens is 1. The lowest BCUT2D eigenvalue weighted by Gasteiger charge is -2.27. The maximum Gasteiger partial charge on any atom is 0.287 e. The predicted molar refractivity (Wildman–Crippen MR) is 63.5 cm³/mol. The van der Waals surface area contributed by atoms with E-state index in [4.69, 9.17) is 22.1 Å². The Hall–Kier alpha value is -1.13. The van der Waals surface area contributed by atoms with Gasteiger partial charge in [0.15, 0.2) is 11.0 Å². The highest BCUT2D eigenvalue weighted by Crippen LogP contribution is 2.37. The number of rotatable bonds is 2. The van der Waals surface area contributed by atoms with Crippen LogP contribution in [0.2, 0.25) is 0 Å². The molecular formula is C10H13FN2O5S. The largest absolute Gasteiger partial charge is 0.394 e. The molecule has 0 aliphatic carbocycles. The van der Waals surface area contributed by atoms with Crippen LogP contribution in [0.5, 0.6) is 0 Å². The fourth-order valence-corrected chi connectivity index (χ4v) is 2.27. The van der Waals surface area contributed by atoms with Gasteiger partial charge in [-0.2, -0.15) is 4.39 Å². The molecule has 2 heterocycles. The first-order valence-electron chi connectivity index (χ1n) is 5.46. The molecule has 4 atom stereocenters. The molecule has 19 heavy (non-hydrogen) atoms. The fourth-order valence-electron chi connectivity index (χ4n) is 2.03. The van der Waals surface area contributed by atoms with Crippen molar-refractivity contribution in [1.29, 1.82) is 0 Å². The molecule has 106 valence electrons. The molecule has 7 nitrogen and oxygen atoms in total. The third-order valence-electron chi connectivity index (χ3n) is 3.11. The summed E-state index contributed by atoms with van der Waals surface area (Å²) in [5.74, 6) is -1.10. The first kappa shape index (κ1) is 14.3. The van der Waals surface area contributed by atoms with Crippen molar-refractivity contribution in [2.75, 3.05) is 6.61 Å². The normalized spacial score (nSPS) is 34.7. The number of hydrogen-bond acceptors (Lipinski definition) is 6. The van der Waals surface area contributed by atoms with Crippen molar-refractivity contribution < 1.29 is 24.4 Å². The Balaban J connectivity index is 2.51.